The summed E-state index contributed by atoms with van der Waals surface area (Å²) >= 11 is 0. The van der Waals surface area contributed by atoms with Gasteiger partial charge in [0.1, 0.15) is 0 Å². The van der Waals surface area contributed by atoms with Gasteiger partial charge >= 0.3 is 0 Å². The number of carbonyl (C=O) groups excluding carboxylic acids is 1. The molecule has 2 aromatic heterocycles. The fraction of sp³-hybridized carbons (Fsp3) is 0.0588. The molecule has 2 heterocycles. The molecule has 1 aromatic carbocycles. The molecule has 1 N–H and O–H groups in total. The Morgan fingerprint density at radius 2 is 1.91 bits per heavy atom. The molecule has 3 rings (SSSR count). The molecule has 0 radical (unpaired) electrons. The van der Waals surface area contributed by atoms with E-state index < -0.39 is 0 Å². The Morgan fingerprint density at radius 3 is 2.68 bits per heavy atom. The molecule has 0 spiro atoms. The number of pyridine rings is 1. The molecule has 0 fully saturated rings. The van der Waals surface area contributed by atoms with Crippen molar-refractivity contribution in [1.82, 2.24) is 20.5 Å². The fourth-order valence-electron chi connectivity index (χ4n) is 2.03. The third-order valence-corrected chi connectivity index (χ3v) is 3.16. The zero-order chi connectivity index (χ0) is 15.2. The first kappa shape index (κ1) is 13.9. The number of benzene rings is 1. The average molecular weight is 290 g/mol. The van der Waals surface area contributed by atoms with Gasteiger partial charge in [-0.1, -0.05) is 36.4 Å². The van der Waals surface area contributed by atoms with Crippen LogP contribution in [0.2, 0.25) is 0 Å². The Bertz CT molecular complexity index is 760. The summed E-state index contributed by atoms with van der Waals surface area (Å²) in [5.74, 6) is -0.184. The van der Waals surface area contributed by atoms with E-state index in [-0.39, 0.29) is 5.91 Å². The van der Waals surface area contributed by atoms with Gasteiger partial charge in [0.2, 0.25) is 0 Å². The molecule has 0 aliphatic rings. The molecule has 3 aromatic rings. The monoisotopic (exact) mass is 290 g/mol. The zero-order valence-electron chi connectivity index (χ0n) is 11.8. The van der Waals surface area contributed by atoms with Crippen LogP contribution in [0.15, 0.2) is 67.1 Å². The van der Waals surface area contributed by atoms with Gasteiger partial charge in [-0.25, -0.2) is 0 Å². The van der Waals surface area contributed by atoms with Gasteiger partial charge in [-0.05, 0) is 17.7 Å². The molecule has 0 bridgehead atoms. The quantitative estimate of drug-likeness (QED) is 0.801. The molecule has 0 aliphatic carbocycles. The summed E-state index contributed by atoms with van der Waals surface area (Å²) in [6, 6.07) is 15.1. The molecular weight excluding hydrogens is 276 g/mol. The number of aromatic nitrogens is 3. The van der Waals surface area contributed by atoms with E-state index in [0.29, 0.717) is 17.8 Å². The van der Waals surface area contributed by atoms with Crippen LogP contribution in [0.1, 0.15) is 15.9 Å². The van der Waals surface area contributed by atoms with Crippen LogP contribution in [0.3, 0.4) is 0 Å². The van der Waals surface area contributed by atoms with Crippen LogP contribution in [-0.2, 0) is 6.54 Å². The van der Waals surface area contributed by atoms with Crippen molar-refractivity contribution in [2.24, 2.45) is 0 Å². The van der Waals surface area contributed by atoms with Gasteiger partial charge in [0.25, 0.3) is 5.91 Å². The van der Waals surface area contributed by atoms with Crippen LogP contribution < -0.4 is 5.32 Å². The Hall–Kier alpha value is -3.08. The average Bonchev–Trinajstić information content (AvgIpc) is 2.61. The van der Waals surface area contributed by atoms with E-state index >= 15 is 0 Å². The SMILES string of the molecule is O=C(NCc1cccnc1)c1cnnc(-c2ccccc2)c1. The van der Waals surface area contributed by atoms with Crippen LogP contribution in [0.5, 0.6) is 0 Å². The third kappa shape index (κ3) is 3.32. The summed E-state index contributed by atoms with van der Waals surface area (Å²) in [7, 11) is 0. The highest BCUT2D eigenvalue weighted by Gasteiger charge is 2.08. The molecule has 1 amide bonds. The maximum absolute atomic E-state index is 12.2. The standard InChI is InChI=1S/C17H14N4O/c22-17(19-11-13-5-4-8-18-10-13)15-9-16(21-20-12-15)14-6-2-1-3-7-14/h1-10,12H,11H2,(H,19,22). The lowest BCUT2D eigenvalue weighted by Gasteiger charge is -2.06. The van der Waals surface area contributed by atoms with Gasteiger partial charge in [0, 0.05) is 24.5 Å². The molecule has 5 heteroatoms. The van der Waals surface area contributed by atoms with Gasteiger partial charge in [0.15, 0.2) is 0 Å². The highest BCUT2D eigenvalue weighted by molar-refractivity contribution is 5.94. The van der Waals surface area contributed by atoms with Gasteiger partial charge in [-0.2, -0.15) is 10.2 Å². The van der Waals surface area contributed by atoms with Crippen LogP contribution in [0, 0.1) is 0 Å². The van der Waals surface area contributed by atoms with Crippen molar-refractivity contribution >= 4 is 5.91 Å². The zero-order valence-corrected chi connectivity index (χ0v) is 11.8. The Kier molecular flexibility index (Phi) is 4.15. The molecule has 0 saturated heterocycles. The lowest BCUT2D eigenvalue weighted by Crippen LogP contribution is -2.23. The number of carbonyl (C=O) groups is 1. The van der Waals surface area contributed by atoms with E-state index in [1.807, 2.05) is 42.5 Å². The van der Waals surface area contributed by atoms with Crippen molar-refractivity contribution in [2.75, 3.05) is 0 Å². The largest absolute Gasteiger partial charge is 0.348 e. The van der Waals surface area contributed by atoms with E-state index in [9.17, 15) is 4.79 Å². The van der Waals surface area contributed by atoms with Crippen molar-refractivity contribution < 1.29 is 4.79 Å². The van der Waals surface area contributed by atoms with Crippen molar-refractivity contribution in [3.63, 3.8) is 0 Å². The number of amides is 1. The van der Waals surface area contributed by atoms with Crippen LogP contribution in [-0.4, -0.2) is 21.1 Å². The first-order valence-electron chi connectivity index (χ1n) is 6.88. The summed E-state index contributed by atoms with van der Waals surface area (Å²) in [4.78, 5) is 16.2. The van der Waals surface area contributed by atoms with E-state index in [4.69, 9.17) is 0 Å². The Labute approximate surface area is 128 Å². The maximum Gasteiger partial charge on any atom is 0.253 e. The van der Waals surface area contributed by atoms with Crippen LogP contribution in [0.4, 0.5) is 0 Å². The first-order chi connectivity index (χ1) is 10.8. The second-order valence-electron chi connectivity index (χ2n) is 4.74. The van der Waals surface area contributed by atoms with Crippen LogP contribution >= 0.6 is 0 Å². The van der Waals surface area contributed by atoms with Crippen molar-refractivity contribution in [2.45, 2.75) is 6.54 Å². The van der Waals surface area contributed by atoms with Gasteiger partial charge < -0.3 is 5.32 Å². The summed E-state index contributed by atoms with van der Waals surface area (Å²) in [5.41, 5.74) is 3.03. The smallest absolute Gasteiger partial charge is 0.253 e. The van der Waals surface area contributed by atoms with Crippen molar-refractivity contribution in [3.8, 4) is 11.3 Å². The van der Waals surface area contributed by atoms with Crippen LogP contribution in [0.25, 0.3) is 11.3 Å². The Morgan fingerprint density at radius 1 is 1.05 bits per heavy atom. The van der Waals surface area contributed by atoms with Gasteiger partial charge in [-0.15, -0.1) is 0 Å². The van der Waals surface area contributed by atoms with Gasteiger partial charge in [-0.3, -0.25) is 9.78 Å². The van der Waals surface area contributed by atoms with Gasteiger partial charge in [0.05, 0.1) is 17.5 Å². The second-order valence-corrected chi connectivity index (χ2v) is 4.74. The number of nitrogens with zero attached hydrogens (tertiary/aromatic N) is 3. The highest BCUT2D eigenvalue weighted by Crippen LogP contribution is 2.16. The topological polar surface area (TPSA) is 67.8 Å². The van der Waals surface area contributed by atoms with E-state index in [2.05, 4.69) is 20.5 Å². The minimum absolute atomic E-state index is 0.184. The lowest BCUT2D eigenvalue weighted by atomic mass is 10.1. The fourth-order valence-corrected chi connectivity index (χ4v) is 2.03. The summed E-state index contributed by atoms with van der Waals surface area (Å²) < 4.78 is 0. The number of nitrogens with one attached hydrogen (secondary N) is 1. The van der Waals surface area contributed by atoms with Crippen molar-refractivity contribution in [1.29, 1.82) is 0 Å². The normalized spacial score (nSPS) is 10.2. The van der Waals surface area contributed by atoms with Crippen molar-refractivity contribution in [3.05, 3.63) is 78.2 Å². The van der Waals surface area contributed by atoms with E-state index in [0.717, 1.165) is 11.1 Å². The predicted molar refractivity (Wildman–Crippen MR) is 82.9 cm³/mol. The molecule has 5 nitrogen and oxygen atoms in total. The van der Waals surface area contributed by atoms with E-state index in [1.54, 1.807) is 18.5 Å². The molecule has 22 heavy (non-hydrogen) atoms. The minimum atomic E-state index is -0.184. The summed E-state index contributed by atoms with van der Waals surface area (Å²) in [6.07, 6.45) is 4.88. The molecule has 0 aliphatic heterocycles. The predicted octanol–water partition coefficient (Wildman–Crippen LogP) is 2.47. The second kappa shape index (κ2) is 6.58. The number of rotatable bonds is 4. The summed E-state index contributed by atoms with van der Waals surface area (Å²) in [6.45, 7) is 0.426. The van der Waals surface area contributed by atoms with E-state index in [1.165, 1.54) is 6.20 Å². The molecule has 108 valence electrons. The lowest BCUT2D eigenvalue weighted by molar-refractivity contribution is 0.0950. The number of hydrogen-bond donors (Lipinski definition) is 1. The molecule has 0 saturated carbocycles. The number of hydrogen-bond acceptors (Lipinski definition) is 4. The molecule has 0 atom stereocenters. The molecule has 0 unspecified atom stereocenters. The molecular formula is C17H14N4O. The summed E-state index contributed by atoms with van der Waals surface area (Å²) in [5, 5.41) is 10.8. The highest BCUT2D eigenvalue weighted by atomic mass is 16.1. The third-order valence-electron chi connectivity index (χ3n) is 3.16. The first-order valence-corrected chi connectivity index (χ1v) is 6.88. The maximum atomic E-state index is 12.2. The minimum Gasteiger partial charge on any atom is -0.348 e. The Balaban J connectivity index is 1.73.